The molecule has 5 rings (SSSR count). The number of hydrogen-bond acceptors (Lipinski definition) is 7. The smallest absolute Gasteiger partial charge is 0.268 e. The number of H-pyrrole nitrogens is 1. The standard InChI is InChI=1S/C26H23N5O4S2/c1-15-4-7-18(8-5-15)37(34,35)31-11-10-19-23(22(36(3,32)33)12-16(2)25(19)31)24(28)26-29-20-9-6-17(14-27)13-21(20)30-26/h4-13,24H,28H2,1-3H3,(H,29,30). The topological polar surface area (TPSA) is 152 Å². The van der Waals surface area contributed by atoms with Crippen molar-refractivity contribution in [2.75, 3.05) is 6.26 Å². The molecule has 0 amide bonds. The summed E-state index contributed by atoms with van der Waals surface area (Å²) in [5, 5.41) is 9.59. The van der Waals surface area contributed by atoms with Gasteiger partial charge in [0.05, 0.1) is 44.0 Å². The summed E-state index contributed by atoms with van der Waals surface area (Å²) in [5.41, 5.74) is 10.2. The first-order chi connectivity index (χ1) is 17.4. The average Bonchev–Trinajstić information content (AvgIpc) is 3.48. The third-order valence-electron chi connectivity index (χ3n) is 6.34. The number of nitrogens with one attached hydrogen (secondary N) is 1. The SMILES string of the molecule is Cc1ccc(S(=O)(=O)n2ccc3c(C(N)c4nc5ccc(C#N)cc5[nH]4)c(S(C)(=O)=O)cc(C)c32)cc1. The van der Waals surface area contributed by atoms with Gasteiger partial charge in [0.25, 0.3) is 10.0 Å². The monoisotopic (exact) mass is 533 g/mol. The number of aromatic amines is 1. The van der Waals surface area contributed by atoms with Gasteiger partial charge < -0.3 is 10.7 Å². The van der Waals surface area contributed by atoms with E-state index in [9.17, 15) is 22.1 Å². The zero-order valence-electron chi connectivity index (χ0n) is 20.2. The van der Waals surface area contributed by atoms with Crippen molar-refractivity contribution in [2.24, 2.45) is 5.73 Å². The van der Waals surface area contributed by atoms with Gasteiger partial charge in [0.1, 0.15) is 5.82 Å². The van der Waals surface area contributed by atoms with E-state index >= 15 is 0 Å². The van der Waals surface area contributed by atoms with Crippen molar-refractivity contribution in [3.05, 3.63) is 88.9 Å². The van der Waals surface area contributed by atoms with E-state index in [0.29, 0.717) is 33.1 Å². The Labute approximate surface area is 214 Å². The van der Waals surface area contributed by atoms with E-state index in [1.54, 1.807) is 43.3 Å². The highest BCUT2D eigenvalue weighted by molar-refractivity contribution is 7.91. The molecule has 1 atom stereocenters. The summed E-state index contributed by atoms with van der Waals surface area (Å²) in [6, 6.07) is 15.5. The van der Waals surface area contributed by atoms with E-state index in [-0.39, 0.29) is 21.2 Å². The number of aromatic nitrogens is 3. The highest BCUT2D eigenvalue weighted by atomic mass is 32.2. The van der Waals surface area contributed by atoms with E-state index in [1.165, 1.54) is 24.4 Å². The van der Waals surface area contributed by atoms with E-state index in [0.717, 1.165) is 15.8 Å². The second-order valence-electron chi connectivity index (χ2n) is 9.01. The maximum atomic E-state index is 13.6. The molecule has 0 saturated heterocycles. The molecule has 2 heterocycles. The summed E-state index contributed by atoms with van der Waals surface area (Å²) >= 11 is 0. The van der Waals surface area contributed by atoms with Gasteiger partial charge in [-0.3, -0.25) is 0 Å². The van der Waals surface area contributed by atoms with Crippen molar-refractivity contribution in [2.45, 2.75) is 29.7 Å². The van der Waals surface area contributed by atoms with Gasteiger partial charge in [0.2, 0.25) is 0 Å². The first-order valence-corrected chi connectivity index (χ1v) is 14.6. The molecule has 188 valence electrons. The minimum absolute atomic E-state index is 0.00588. The zero-order valence-corrected chi connectivity index (χ0v) is 21.9. The number of imidazole rings is 1. The highest BCUT2D eigenvalue weighted by Gasteiger charge is 2.29. The Bertz CT molecular complexity index is 1960. The van der Waals surface area contributed by atoms with Gasteiger partial charge in [-0.25, -0.2) is 25.8 Å². The van der Waals surface area contributed by atoms with Gasteiger partial charge in [-0.05, 0) is 61.9 Å². The fraction of sp³-hybridized carbons (Fsp3) is 0.154. The predicted octanol–water partition coefficient (Wildman–Crippen LogP) is 3.69. The van der Waals surface area contributed by atoms with Crippen LogP contribution in [0.4, 0.5) is 0 Å². The van der Waals surface area contributed by atoms with Crippen LogP contribution < -0.4 is 5.73 Å². The number of sulfone groups is 1. The lowest BCUT2D eigenvalue weighted by Crippen LogP contribution is -2.19. The van der Waals surface area contributed by atoms with Crippen molar-refractivity contribution in [1.82, 2.24) is 13.9 Å². The Hall–Kier alpha value is -3.98. The molecule has 5 aromatic rings. The Morgan fingerprint density at radius 2 is 1.73 bits per heavy atom. The van der Waals surface area contributed by atoms with E-state index < -0.39 is 25.9 Å². The normalized spacial score (nSPS) is 13.2. The predicted molar refractivity (Wildman–Crippen MR) is 140 cm³/mol. The molecule has 0 fully saturated rings. The molecule has 11 heteroatoms. The molecule has 0 aliphatic heterocycles. The second-order valence-corrected chi connectivity index (χ2v) is 12.8. The number of rotatable bonds is 5. The van der Waals surface area contributed by atoms with Gasteiger partial charge in [0, 0.05) is 23.4 Å². The van der Waals surface area contributed by atoms with Crippen LogP contribution in [-0.2, 0) is 19.9 Å². The van der Waals surface area contributed by atoms with Crippen molar-refractivity contribution >= 4 is 41.8 Å². The molecule has 9 nitrogen and oxygen atoms in total. The van der Waals surface area contributed by atoms with E-state index in [1.807, 2.05) is 6.92 Å². The van der Waals surface area contributed by atoms with Crippen LogP contribution in [0.2, 0.25) is 0 Å². The van der Waals surface area contributed by atoms with Crippen molar-refractivity contribution in [3.63, 3.8) is 0 Å². The Kier molecular flexibility index (Phi) is 5.71. The molecular weight excluding hydrogens is 510 g/mol. The second kappa shape index (κ2) is 8.55. The average molecular weight is 534 g/mol. The minimum Gasteiger partial charge on any atom is -0.340 e. The van der Waals surface area contributed by atoms with Gasteiger partial charge >= 0.3 is 0 Å². The van der Waals surface area contributed by atoms with Gasteiger partial charge in [-0.2, -0.15) is 5.26 Å². The van der Waals surface area contributed by atoms with Crippen LogP contribution in [0.15, 0.2) is 70.6 Å². The molecule has 1 unspecified atom stereocenters. The maximum Gasteiger partial charge on any atom is 0.268 e. The summed E-state index contributed by atoms with van der Waals surface area (Å²) in [4.78, 5) is 7.71. The summed E-state index contributed by atoms with van der Waals surface area (Å²) in [5.74, 6) is 0.286. The largest absolute Gasteiger partial charge is 0.340 e. The number of nitrogens with zero attached hydrogens (tertiary/aromatic N) is 3. The fourth-order valence-corrected chi connectivity index (χ4v) is 6.97. The zero-order chi connectivity index (χ0) is 26.7. The summed E-state index contributed by atoms with van der Waals surface area (Å²) in [6.45, 7) is 3.53. The molecule has 3 N–H and O–H groups in total. The number of aryl methyl sites for hydroxylation is 2. The fourth-order valence-electron chi connectivity index (χ4n) is 4.53. The molecule has 0 spiro atoms. The molecule has 37 heavy (non-hydrogen) atoms. The maximum absolute atomic E-state index is 13.6. The van der Waals surface area contributed by atoms with Crippen molar-refractivity contribution in [1.29, 1.82) is 5.26 Å². The van der Waals surface area contributed by atoms with Crippen molar-refractivity contribution < 1.29 is 16.8 Å². The van der Waals surface area contributed by atoms with Crippen molar-refractivity contribution in [3.8, 4) is 6.07 Å². The first kappa shape index (κ1) is 24.7. The molecule has 0 bridgehead atoms. The molecule has 2 aromatic heterocycles. The number of hydrogen-bond donors (Lipinski definition) is 2. The lowest BCUT2D eigenvalue weighted by Gasteiger charge is -2.18. The minimum atomic E-state index is -3.97. The third-order valence-corrected chi connectivity index (χ3v) is 9.17. The van der Waals surface area contributed by atoms with E-state index in [2.05, 4.69) is 16.0 Å². The Morgan fingerprint density at radius 3 is 2.38 bits per heavy atom. The first-order valence-electron chi connectivity index (χ1n) is 11.2. The van der Waals surface area contributed by atoms with Gasteiger partial charge in [-0.1, -0.05) is 17.7 Å². The van der Waals surface area contributed by atoms with Crippen LogP contribution in [0, 0.1) is 25.2 Å². The summed E-state index contributed by atoms with van der Waals surface area (Å²) in [7, 11) is -7.72. The van der Waals surface area contributed by atoms with Gasteiger partial charge in [-0.15, -0.1) is 0 Å². The third kappa shape index (κ3) is 4.09. The molecule has 0 saturated carbocycles. The molecule has 0 aliphatic rings. The van der Waals surface area contributed by atoms with Crippen LogP contribution in [0.25, 0.3) is 21.9 Å². The Morgan fingerprint density at radius 1 is 1.03 bits per heavy atom. The lowest BCUT2D eigenvalue weighted by molar-refractivity contribution is 0.589. The number of nitrogens with two attached hydrogens (primary N) is 1. The number of nitriles is 1. The van der Waals surface area contributed by atoms with Crippen LogP contribution >= 0.6 is 0 Å². The van der Waals surface area contributed by atoms with Crippen LogP contribution in [0.3, 0.4) is 0 Å². The lowest BCUT2D eigenvalue weighted by atomic mass is 10.00. The quantitative estimate of drug-likeness (QED) is 0.349. The molecule has 3 aromatic carbocycles. The number of benzene rings is 3. The summed E-state index contributed by atoms with van der Waals surface area (Å²) in [6.07, 6.45) is 2.49. The van der Waals surface area contributed by atoms with E-state index in [4.69, 9.17) is 5.73 Å². The van der Waals surface area contributed by atoms with Crippen LogP contribution in [0.5, 0.6) is 0 Å². The summed E-state index contributed by atoms with van der Waals surface area (Å²) < 4.78 is 54.0. The van der Waals surface area contributed by atoms with Gasteiger partial charge in [0.15, 0.2) is 9.84 Å². The Balaban J connectivity index is 1.77. The molecular formula is C26H23N5O4S2. The molecule has 0 aliphatic carbocycles. The number of fused-ring (bicyclic) bond motifs is 2. The van der Waals surface area contributed by atoms with Crippen LogP contribution in [0.1, 0.15) is 34.1 Å². The molecule has 0 radical (unpaired) electrons. The highest BCUT2D eigenvalue weighted by Crippen LogP contribution is 2.37. The van der Waals surface area contributed by atoms with Crippen LogP contribution in [-0.4, -0.2) is 37.0 Å².